The summed E-state index contributed by atoms with van der Waals surface area (Å²) in [7, 11) is 1.03. The summed E-state index contributed by atoms with van der Waals surface area (Å²) < 4.78 is 9.58. The van der Waals surface area contributed by atoms with Crippen molar-refractivity contribution in [2.24, 2.45) is 5.73 Å². The molecule has 1 aliphatic heterocycles. The highest BCUT2D eigenvalue weighted by molar-refractivity contribution is 5.78. The molecular formula is C12H22N2O8. The number of methoxy groups -OCH3 is 1. The molecule has 0 aromatic rings. The van der Waals surface area contributed by atoms with Gasteiger partial charge in [-0.1, -0.05) is 0 Å². The first-order valence-corrected chi connectivity index (χ1v) is 6.64. The molecule has 10 nitrogen and oxygen atoms in total. The van der Waals surface area contributed by atoms with Crippen molar-refractivity contribution in [1.82, 2.24) is 5.32 Å². The van der Waals surface area contributed by atoms with Crippen LogP contribution < -0.4 is 11.1 Å². The summed E-state index contributed by atoms with van der Waals surface area (Å²) in [6, 6.07) is -1.95. The summed E-state index contributed by atoms with van der Waals surface area (Å²) >= 11 is 0. The second kappa shape index (κ2) is 7.31. The molecule has 0 unspecified atom stereocenters. The molecule has 1 fully saturated rings. The lowest BCUT2D eigenvalue weighted by molar-refractivity contribution is -0.283. The molecule has 1 heterocycles. The predicted octanol–water partition coefficient (Wildman–Crippen LogP) is -3.82. The number of hydrogen-bond donors (Lipinski definition) is 6. The van der Waals surface area contributed by atoms with Crippen molar-refractivity contribution in [1.29, 1.82) is 0 Å². The van der Waals surface area contributed by atoms with Gasteiger partial charge in [0.25, 0.3) is 5.79 Å². The van der Waals surface area contributed by atoms with Gasteiger partial charge in [0, 0.05) is 19.4 Å². The van der Waals surface area contributed by atoms with E-state index >= 15 is 0 Å². The van der Waals surface area contributed by atoms with Crippen molar-refractivity contribution in [3.05, 3.63) is 0 Å². The van der Waals surface area contributed by atoms with Crippen LogP contribution in [0.1, 0.15) is 13.3 Å². The van der Waals surface area contributed by atoms with Gasteiger partial charge in [-0.25, -0.2) is 4.79 Å². The normalized spacial score (nSPS) is 34.6. The average Bonchev–Trinajstić information content (AvgIpc) is 2.46. The van der Waals surface area contributed by atoms with Gasteiger partial charge in [0.2, 0.25) is 5.91 Å². The number of aliphatic hydroxyl groups excluding tert-OH is 3. The van der Waals surface area contributed by atoms with Crippen LogP contribution >= 0.6 is 0 Å². The summed E-state index contributed by atoms with van der Waals surface area (Å²) in [5.41, 5.74) is 5.85. The summed E-state index contributed by atoms with van der Waals surface area (Å²) in [6.45, 7) is 0.416. The molecule has 0 saturated carbocycles. The molecule has 1 saturated heterocycles. The van der Waals surface area contributed by atoms with Crippen LogP contribution in [0, 0.1) is 0 Å². The third kappa shape index (κ3) is 3.91. The Hall–Kier alpha value is -1.30. The number of ether oxygens (including phenoxy) is 2. The third-order valence-corrected chi connectivity index (χ3v) is 3.45. The van der Waals surface area contributed by atoms with E-state index in [9.17, 15) is 24.9 Å². The molecule has 0 radical (unpaired) electrons. The minimum atomic E-state index is -2.43. The van der Waals surface area contributed by atoms with E-state index in [1.807, 2.05) is 0 Å². The van der Waals surface area contributed by atoms with Gasteiger partial charge in [-0.3, -0.25) is 4.79 Å². The molecule has 1 amide bonds. The molecule has 0 bridgehead atoms. The monoisotopic (exact) mass is 322 g/mol. The topological polar surface area (TPSA) is 172 Å². The van der Waals surface area contributed by atoms with Gasteiger partial charge in [0.1, 0.15) is 18.3 Å². The van der Waals surface area contributed by atoms with Crippen LogP contribution in [0.4, 0.5) is 0 Å². The van der Waals surface area contributed by atoms with Crippen molar-refractivity contribution >= 4 is 11.9 Å². The summed E-state index contributed by atoms with van der Waals surface area (Å²) in [5.74, 6) is -4.03. The lowest BCUT2D eigenvalue weighted by Crippen LogP contribution is -2.69. The Kier molecular flexibility index (Phi) is 6.23. The molecule has 0 aromatic carbocycles. The zero-order chi connectivity index (χ0) is 17.1. The van der Waals surface area contributed by atoms with E-state index < -0.39 is 54.7 Å². The van der Waals surface area contributed by atoms with E-state index in [1.165, 1.54) is 6.92 Å². The van der Waals surface area contributed by atoms with Crippen molar-refractivity contribution in [2.75, 3.05) is 13.7 Å². The van der Waals surface area contributed by atoms with E-state index in [4.69, 9.17) is 15.6 Å². The van der Waals surface area contributed by atoms with Crippen LogP contribution in [0.2, 0.25) is 0 Å². The zero-order valence-corrected chi connectivity index (χ0v) is 12.3. The van der Waals surface area contributed by atoms with Crippen LogP contribution in [0.25, 0.3) is 0 Å². The molecule has 1 aliphatic rings. The predicted molar refractivity (Wildman–Crippen MR) is 71.1 cm³/mol. The second-order valence-electron chi connectivity index (χ2n) is 5.19. The average molecular weight is 322 g/mol. The van der Waals surface area contributed by atoms with Crippen LogP contribution in [-0.2, 0) is 19.1 Å². The number of rotatable bonds is 5. The van der Waals surface area contributed by atoms with Crippen molar-refractivity contribution in [2.45, 2.75) is 49.5 Å². The minimum Gasteiger partial charge on any atom is -0.465 e. The number of nitrogens with two attached hydrogens (primary N) is 1. The standard InChI is InChI=1S/C12H22N2O8/c1-5(16)14-8-6(13)3-12(20,11(19)21-2)22-10(8)9(18)7(17)4-15/h6-10,15,17-18,20H,3-4,13H2,1-2H3,(H,14,16)/t6-,7+,8+,9+,10+,12-/m0/s1. The molecule has 6 atom stereocenters. The van der Waals surface area contributed by atoms with E-state index in [1.54, 1.807) is 0 Å². The van der Waals surface area contributed by atoms with Gasteiger partial charge < -0.3 is 41.0 Å². The molecule has 1 rings (SSSR count). The van der Waals surface area contributed by atoms with Gasteiger partial charge in [-0.2, -0.15) is 0 Å². The smallest absolute Gasteiger partial charge is 0.366 e. The highest BCUT2D eigenvalue weighted by Gasteiger charge is 2.53. The fourth-order valence-electron chi connectivity index (χ4n) is 2.36. The molecule has 128 valence electrons. The van der Waals surface area contributed by atoms with Crippen LogP contribution in [0.15, 0.2) is 0 Å². The Morgan fingerprint density at radius 1 is 1.50 bits per heavy atom. The molecule has 7 N–H and O–H groups in total. The van der Waals surface area contributed by atoms with E-state index in [0.717, 1.165) is 7.11 Å². The highest BCUT2D eigenvalue weighted by atomic mass is 16.7. The number of amides is 1. The quantitative estimate of drug-likeness (QED) is 0.277. The van der Waals surface area contributed by atoms with Crippen LogP contribution in [0.3, 0.4) is 0 Å². The number of aliphatic hydroxyl groups is 4. The summed E-state index contributed by atoms with van der Waals surface area (Å²) in [5, 5.41) is 41.1. The van der Waals surface area contributed by atoms with Gasteiger partial charge in [-0.05, 0) is 0 Å². The number of hydrogen-bond acceptors (Lipinski definition) is 9. The SMILES string of the molecule is COC(=O)[C@]1(O)C[C@H](N)[C@@H](NC(C)=O)[C@H]([C@H](O)[C@H](O)CO)O1. The Labute approximate surface area is 126 Å². The molecule has 0 aliphatic carbocycles. The Bertz CT molecular complexity index is 420. The second-order valence-corrected chi connectivity index (χ2v) is 5.19. The van der Waals surface area contributed by atoms with E-state index in [2.05, 4.69) is 10.1 Å². The van der Waals surface area contributed by atoms with Gasteiger partial charge in [0.15, 0.2) is 0 Å². The first-order chi connectivity index (χ1) is 10.2. The maximum atomic E-state index is 11.6. The molecule has 0 spiro atoms. The fourth-order valence-corrected chi connectivity index (χ4v) is 2.36. The molecule has 0 aromatic heterocycles. The maximum Gasteiger partial charge on any atom is 0.366 e. The molecule has 22 heavy (non-hydrogen) atoms. The molecule has 10 heteroatoms. The van der Waals surface area contributed by atoms with Gasteiger partial charge in [0.05, 0.1) is 19.8 Å². The lowest BCUT2D eigenvalue weighted by Gasteiger charge is -2.45. The number of carbonyl (C=O) groups excluding carboxylic acids is 2. The van der Waals surface area contributed by atoms with Crippen LogP contribution in [0.5, 0.6) is 0 Å². The minimum absolute atomic E-state index is 0.386. The zero-order valence-electron chi connectivity index (χ0n) is 12.3. The summed E-state index contributed by atoms with van der Waals surface area (Å²) in [4.78, 5) is 22.9. The third-order valence-electron chi connectivity index (χ3n) is 3.45. The first-order valence-electron chi connectivity index (χ1n) is 6.64. The van der Waals surface area contributed by atoms with Crippen LogP contribution in [-0.4, -0.2) is 82.2 Å². The summed E-state index contributed by atoms with van der Waals surface area (Å²) in [6.07, 6.45) is -5.14. The van der Waals surface area contributed by atoms with Crippen molar-refractivity contribution < 1.29 is 39.5 Å². The van der Waals surface area contributed by atoms with Gasteiger partial charge in [-0.15, -0.1) is 0 Å². The first kappa shape index (κ1) is 18.7. The highest BCUT2D eigenvalue weighted by Crippen LogP contribution is 2.30. The maximum absolute atomic E-state index is 11.6. The molecular weight excluding hydrogens is 300 g/mol. The Morgan fingerprint density at radius 3 is 2.55 bits per heavy atom. The van der Waals surface area contributed by atoms with Crippen molar-refractivity contribution in [3.63, 3.8) is 0 Å². The van der Waals surface area contributed by atoms with Crippen molar-refractivity contribution in [3.8, 4) is 0 Å². The number of carbonyl (C=O) groups is 2. The fraction of sp³-hybridized carbons (Fsp3) is 0.833. The number of esters is 1. The largest absolute Gasteiger partial charge is 0.465 e. The lowest BCUT2D eigenvalue weighted by atomic mass is 9.87. The number of nitrogens with one attached hydrogen (secondary N) is 1. The Balaban J connectivity index is 3.09. The Morgan fingerprint density at radius 2 is 2.09 bits per heavy atom. The van der Waals surface area contributed by atoms with E-state index in [-0.39, 0.29) is 6.42 Å². The van der Waals surface area contributed by atoms with E-state index in [0.29, 0.717) is 0 Å². The van der Waals surface area contributed by atoms with Gasteiger partial charge >= 0.3 is 5.97 Å².